The second-order valence-electron chi connectivity index (χ2n) is 10.8. The fourth-order valence-electron chi connectivity index (χ4n) is 7.15. The van der Waals surface area contributed by atoms with Gasteiger partial charge in [-0.1, -0.05) is 36.4 Å². The average molecular weight is 507 g/mol. The predicted octanol–water partition coefficient (Wildman–Crippen LogP) is 5.47. The fraction of sp³-hybridized carbons (Fsp3) is 0.548. The van der Waals surface area contributed by atoms with Crippen LogP contribution in [0.25, 0.3) is 0 Å². The lowest BCUT2D eigenvalue weighted by molar-refractivity contribution is -0.165. The average Bonchev–Trinajstić information content (AvgIpc) is 3.25. The van der Waals surface area contributed by atoms with Crippen LogP contribution in [0.2, 0.25) is 0 Å². The van der Waals surface area contributed by atoms with E-state index in [1.807, 2.05) is 18.2 Å². The van der Waals surface area contributed by atoms with E-state index < -0.39 is 17.9 Å². The fourth-order valence-corrected chi connectivity index (χ4v) is 7.15. The molecule has 37 heavy (non-hydrogen) atoms. The molecule has 1 heterocycles. The first-order valence-electron chi connectivity index (χ1n) is 13.7. The third kappa shape index (κ3) is 5.00. The molecule has 3 aliphatic rings. The number of benzene rings is 2. The van der Waals surface area contributed by atoms with Crippen molar-refractivity contribution in [3.8, 4) is 5.75 Å². The van der Waals surface area contributed by atoms with Crippen molar-refractivity contribution in [2.75, 3.05) is 19.8 Å². The van der Waals surface area contributed by atoms with Gasteiger partial charge < -0.3 is 18.9 Å². The molecule has 0 amide bonds. The largest absolute Gasteiger partial charge is 0.489 e. The van der Waals surface area contributed by atoms with E-state index in [-0.39, 0.29) is 30.7 Å². The third-order valence-corrected chi connectivity index (χ3v) is 8.72. The van der Waals surface area contributed by atoms with Gasteiger partial charge in [0.05, 0.1) is 25.4 Å². The molecule has 2 aromatic rings. The Hall–Kier alpha value is -2.86. The summed E-state index contributed by atoms with van der Waals surface area (Å²) in [6.45, 7) is 7.10. The highest BCUT2D eigenvalue weighted by Gasteiger charge is 2.59. The maximum Gasteiger partial charge on any atom is 0.320 e. The Morgan fingerprint density at radius 1 is 1.03 bits per heavy atom. The van der Waals surface area contributed by atoms with E-state index >= 15 is 0 Å². The van der Waals surface area contributed by atoms with E-state index in [0.29, 0.717) is 25.0 Å². The van der Waals surface area contributed by atoms with Gasteiger partial charge in [0.2, 0.25) is 0 Å². The molecule has 3 unspecified atom stereocenters. The van der Waals surface area contributed by atoms with Crippen molar-refractivity contribution in [3.05, 3.63) is 65.2 Å². The molecule has 6 heteroatoms. The van der Waals surface area contributed by atoms with Gasteiger partial charge in [0, 0.05) is 5.92 Å². The lowest BCUT2D eigenvalue weighted by Gasteiger charge is -2.49. The number of carbonyl (C=O) groups is 2. The molecule has 0 bridgehead atoms. The number of hydrogen-bond acceptors (Lipinski definition) is 6. The molecule has 5 rings (SSSR count). The van der Waals surface area contributed by atoms with Crippen LogP contribution in [-0.4, -0.2) is 37.4 Å². The zero-order chi connectivity index (χ0) is 26.0. The summed E-state index contributed by atoms with van der Waals surface area (Å²) >= 11 is 0. The van der Waals surface area contributed by atoms with Gasteiger partial charge in [0.1, 0.15) is 12.4 Å². The number of aryl methyl sites for hydroxylation is 1. The van der Waals surface area contributed by atoms with Gasteiger partial charge in [0.25, 0.3) is 0 Å². The van der Waals surface area contributed by atoms with Crippen molar-refractivity contribution in [2.24, 2.45) is 23.7 Å². The van der Waals surface area contributed by atoms with Crippen molar-refractivity contribution in [1.82, 2.24) is 0 Å². The Balaban J connectivity index is 1.38. The highest BCUT2D eigenvalue weighted by molar-refractivity contribution is 5.95. The number of ether oxygens (including phenoxy) is 4. The zero-order valence-corrected chi connectivity index (χ0v) is 22.1. The molecule has 1 saturated heterocycles. The molecule has 2 fully saturated rings. The summed E-state index contributed by atoms with van der Waals surface area (Å²) < 4.78 is 23.2. The summed E-state index contributed by atoms with van der Waals surface area (Å²) in [6.07, 6.45) is 3.88. The van der Waals surface area contributed by atoms with Gasteiger partial charge in [-0.3, -0.25) is 9.59 Å². The summed E-state index contributed by atoms with van der Waals surface area (Å²) in [5, 5.41) is 0. The Morgan fingerprint density at radius 3 is 2.46 bits per heavy atom. The van der Waals surface area contributed by atoms with E-state index in [2.05, 4.69) is 37.3 Å². The summed E-state index contributed by atoms with van der Waals surface area (Å²) in [5.74, 6) is -0.470. The molecule has 2 aliphatic carbocycles. The van der Waals surface area contributed by atoms with E-state index in [1.54, 1.807) is 13.8 Å². The predicted molar refractivity (Wildman–Crippen MR) is 139 cm³/mol. The van der Waals surface area contributed by atoms with E-state index in [4.69, 9.17) is 18.9 Å². The molecule has 0 N–H and O–H groups in total. The molecular formula is C31H38O6. The molecule has 0 aromatic heterocycles. The topological polar surface area (TPSA) is 71.1 Å². The monoisotopic (exact) mass is 506 g/mol. The van der Waals surface area contributed by atoms with Crippen molar-refractivity contribution >= 4 is 11.9 Å². The van der Waals surface area contributed by atoms with Crippen LogP contribution in [0.3, 0.4) is 0 Å². The molecule has 1 aliphatic heterocycles. The summed E-state index contributed by atoms with van der Waals surface area (Å²) in [5.41, 5.74) is 3.52. The molecule has 6 nitrogen and oxygen atoms in total. The molecular weight excluding hydrogens is 468 g/mol. The molecule has 1 saturated carbocycles. The van der Waals surface area contributed by atoms with Crippen LogP contribution in [0.5, 0.6) is 5.75 Å². The molecule has 2 aromatic carbocycles. The van der Waals surface area contributed by atoms with E-state index in [1.165, 1.54) is 11.1 Å². The van der Waals surface area contributed by atoms with Crippen molar-refractivity contribution in [3.63, 3.8) is 0 Å². The van der Waals surface area contributed by atoms with Crippen LogP contribution < -0.4 is 4.74 Å². The second-order valence-corrected chi connectivity index (χ2v) is 10.8. The zero-order valence-electron chi connectivity index (χ0n) is 22.1. The van der Waals surface area contributed by atoms with Crippen LogP contribution in [0.4, 0.5) is 0 Å². The van der Waals surface area contributed by atoms with E-state index in [0.717, 1.165) is 37.0 Å². The Bertz CT molecular complexity index is 1100. The number of fused-ring (bicyclic) bond motifs is 5. The molecule has 0 spiro atoms. The number of hydrogen-bond donors (Lipinski definition) is 0. The second kappa shape index (κ2) is 10.9. The first-order chi connectivity index (χ1) is 17.9. The minimum absolute atomic E-state index is 0.0900. The highest BCUT2D eigenvalue weighted by atomic mass is 16.6. The van der Waals surface area contributed by atoms with Gasteiger partial charge in [-0.25, -0.2) is 0 Å². The summed E-state index contributed by atoms with van der Waals surface area (Å²) in [7, 11) is 0. The summed E-state index contributed by atoms with van der Waals surface area (Å²) in [4.78, 5) is 26.0. The van der Waals surface area contributed by atoms with Crippen LogP contribution in [-0.2, 0) is 36.8 Å². The van der Waals surface area contributed by atoms with Crippen LogP contribution in [0.15, 0.2) is 48.5 Å². The van der Waals surface area contributed by atoms with Crippen LogP contribution in [0, 0.1) is 23.7 Å². The quantitative estimate of drug-likeness (QED) is 0.349. The lowest BCUT2D eigenvalue weighted by atomic mass is 9.55. The maximum atomic E-state index is 13.0. The summed E-state index contributed by atoms with van der Waals surface area (Å²) in [6, 6.07) is 16.7. The van der Waals surface area contributed by atoms with Crippen LogP contribution >= 0.6 is 0 Å². The molecule has 5 atom stereocenters. The molecule has 198 valence electrons. The first kappa shape index (κ1) is 25.8. The lowest BCUT2D eigenvalue weighted by Crippen LogP contribution is -2.49. The van der Waals surface area contributed by atoms with Crippen molar-refractivity contribution < 1.29 is 28.5 Å². The van der Waals surface area contributed by atoms with Crippen molar-refractivity contribution in [1.29, 1.82) is 0 Å². The van der Waals surface area contributed by atoms with E-state index in [9.17, 15) is 9.59 Å². The standard InChI is InChI=1S/C31H38O6/c1-4-34-29(32)27(30(33)35-5-2)26-19-37-31(3)16-15-24-23-14-12-22(36-18-20-9-7-6-8-10-20)17-21(23)11-13-25(24)28(26)31/h6-10,12,14,17,24-28H,4-5,11,13,15-16,18-19H2,1-3H3/t24?,25?,26-,28?,31-/m0/s1. The van der Waals surface area contributed by atoms with Crippen molar-refractivity contribution in [2.45, 2.75) is 64.6 Å². The SMILES string of the molecule is CCOC(=O)C(C(=O)OCC)[C@@H]1CO[C@@]2(C)CCC3c4ccc(OCc5ccccc5)cc4CCC3C12. The minimum Gasteiger partial charge on any atom is -0.489 e. The normalized spacial score (nSPS) is 28.1. The highest BCUT2D eigenvalue weighted by Crippen LogP contribution is 2.59. The Labute approximate surface area is 219 Å². The Morgan fingerprint density at radius 2 is 1.76 bits per heavy atom. The first-order valence-corrected chi connectivity index (χ1v) is 13.7. The van der Waals surface area contributed by atoms with Gasteiger partial charge in [-0.15, -0.1) is 0 Å². The van der Waals surface area contributed by atoms with Crippen LogP contribution in [0.1, 0.15) is 62.6 Å². The minimum atomic E-state index is -0.944. The number of carbonyl (C=O) groups excluding carboxylic acids is 2. The van der Waals surface area contributed by atoms with Gasteiger partial charge in [-0.05, 0) is 93.0 Å². The Kier molecular flexibility index (Phi) is 7.57. The molecule has 0 radical (unpaired) electrons. The maximum absolute atomic E-state index is 13.0. The number of rotatable bonds is 8. The third-order valence-electron chi connectivity index (χ3n) is 8.72. The number of esters is 2. The van der Waals surface area contributed by atoms with Gasteiger partial charge >= 0.3 is 11.9 Å². The smallest absolute Gasteiger partial charge is 0.320 e. The van der Waals surface area contributed by atoms with Gasteiger partial charge in [0.15, 0.2) is 5.92 Å². The van der Waals surface area contributed by atoms with Gasteiger partial charge in [-0.2, -0.15) is 0 Å².